The van der Waals surface area contributed by atoms with Crippen molar-refractivity contribution >= 4 is 44.8 Å². The number of aryl methyl sites for hydroxylation is 2. The molecule has 30 heavy (non-hydrogen) atoms. The van der Waals surface area contributed by atoms with Crippen molar-refractivity contribution in [2.24, 2.45) is 7.05 Å². The fraction of sp³-hybridized carbons (Fsp3) is 0.250. The molecular weight excluding hydrogens is 444 g/mol. The molecule has 0 saturated carbocycles. The number of carbonyl (C=O) groups is 1. The van der Waals surface area contributed by atoms with Gasteiger partial charge < -0.3 is 9.88 Å². The SMILES string of the molecule is Cc1ccc(S(=O)(=O)Cc2nnc(SCC(=O)Nc3ccc(Cl)cc3C)n2C)cc1. The van der Waals surface area contributed by atoms with E-state index in [1.54, 1.807) is 54.1 Å². The first-order valence-electron chi connectivity index (χ1n) is 9.02. The Morgan fingerprint density at radius 3 is 2.50 bits per heavy atom. The summed E-state index contributed by atoms with van der Waals surface area (Å²) in [6.45, 7) is 3.76. The van der Waals surface area contributed by atoms with E-state index >= 15 is 0 Å². The summed E-state index contributed by atoms with van der Waals surface area (Å²) in [4.78, 5) is 12.5. The lowest BCUT2D eigenvalue weighted by Gasteiger charge is -2.09. The van der Waals surface area contributed by atoms with E-state index < -0.39 is 9.84 Å². The van der Waals surface area contributed by atoms with Crippen molar-refractivity contribution in [3.8, 4) is 0 Å². The van der Waals surface area contributed by atoms with Crippen molar-refractivity contribution in [2.75, 3.05) is 11.1 Å². The molecule has 0 fully saturated rings. The van der Waals surface area contributed by atoms with Crippen LogP contribution in [0.4, 0.5) is 5.69 Å². The number of amides is 1. The third kappa shape index (κ3) is 5.41. The maximum absolute atomic E-state index is 12.6. The number of benzene rings is 2. The molecule has 0 aliphatic heterocycles. The highest BCUT2D eigenvalue weighted by molar-refractivity contribution is 7.99. The van der Waals surface area contributed by atoms with E-state index in [1.165, 1.54) is 11.8 Å². The predicted octanol–water partition coefficient (Wildman–Crippen LogP) is 3.79. The van der Waals surface area contributed by atoms with Gasteiger partial charge in [0.15, 0.2) is 15.0 Å². The minimum Gasteiger partial charge on any atom is -0.325 e. The summed E-state index contributed by atoms with van der Waals surface area (Å²) < 4.78 is 26.9. The van der Waals surface area contributed by atoms with Gasteiger partial charge in [0.25, 0.3) is 0 Å². The predicted molar refractivity (Wildman–Crippen MR) is 119 cm³/mol. The summed E-state index contributed by atoms with van der Waals surface area (Å²) in [6, 6.07) is 11.9. The van der Waals surface area contributed by atoms with E-state index in [0.717, 1.165) is 11.1 Å². The van der Waals surface area contributed by atoms with Crippen LogP contribution in [-0.4, -0.2) is 34.8 Å². The number of sulfone groups is 1. The lowest BCUT2D eigenvalue weighted by Crippen LogP contribution is -2.15. The third-order valence-electron chi connectivity index (χ3n) is 4.42. The number of nitrogens with one attached hydrogen (secondary N) is 1. The highest BCUT2D eigenvalue weighted by Crippen LogP contribution is 2.22. The molecule has 0 aliphatic carbocycles. The molecule has 10 heteroatoms. The average molecular weight is 465 g/mol. The number of hydrogen-bond acceptors (Lipinski definition) is 6. The van der Waals surface area contributed by atoms with Crippen LogP contribution in [0.15, 0.2) is 52.5 Å². The second-order valence-corrected chi connectivity index (χ2v) is 10.2. The molecule has 0 saturated heterocycles. The van der Waals surface area contributed by atoms with Gasteiger partial charge in [-0.15, -0.1) is 10.2 Å². The summed E-state index contributed by atoms with van der Waals surface area (Å²) in [5, 5.41) is 11.9. The molecular formula is C20H21ClN4O3S2. The minimum absolute atomic E-state index is 0.110. The lowest BCUT2D eigenvalue weighted by atomic mass is 10.2. The van der Waals surface area contributed by atoms with Gasteiger partial charge in [-0.25, -0.2) is 8.42 Å². The monoisotopic (exact) mass is 464 g/mol. The molecule has 158 valence electrons. The van der Waals surface area contributed by atoms with Gasteiger partial charge in [-0.05, 0) is 49.7 Å². The van der Waals surface area contributed by atoms with Crippen molar-refractivity contribution < 1.29 is 13.2 Å². The molecule has 1 amide bonds. The fourth-order valence-electron chi connectivity index (χ4n) is 2.68. The Balaban J connectivity index is 1.63. The second-order valence-electron chi connectivity index (χ2n) is 6.83. The smallest absolute Gasteiger partial charge is 0.234 e. The van der Waals surface area contributed by atoms with Gasteiger partial charge in [-0.2, -0.15) is 0 Å². The summed E-state index contributed by atoms with van der Waals surface area (Å²) in [7, 11) is -1.86. The first-order valence-corrected chi connectivity index (χ1v) is 12.0. The van der Waals surface area contributed by atoms with Crippen LogP contribution in [0.25, 0.3) is 0 Å². The molecule has 1 aromatic heterocycles. The molecule has 7 nitrogen and oxygen atoms in total. The van der Waals surface area contributed by atoms with E-state index in [2.05, 4.69) is 15.5 Å². The number of carbonyl (C=O) groups excluding carboxylic acids is 1. The summed E-state index contributed by atoms with van der Waals surface area (Å²) in [5.74, 6) is -0.0519. The van der Waals surface area contributed by atoms with E-state index in [-0.39, 0.29) is 22.3 Å². The molecule has 0 radical (unpaired) electrons. The van der Waals surface area contributed by atoms with Gasteiger partial charge in [0, 0.05) is 17.8 Å². The van der Waals surface area contributed by atoms with E-state index in [9.17, 15) is 13.2 Å². The summed E-state index contributed by atoms with van der Waals surface area (Å²) in [5.41, 5.74) is 2.54. The Morgan fingerprint density at radius 1 is 1.13 bits per heavy atom. The largest absolute Gasteiger partial charge is 0.325 e. The first kappa shape index (κ1) is 22.3. The molecule has 3 aromatic rings. The van der Waals surface area contributed by atoms with Crippen molar-refractivity contribution in [2.45, 2.75) is 29.7 Å². The van der Waals surface area contributed by atoms with Gasteiger partial charge in [0.2, 0.25) is 5.91 Å². The highest BCUT2D eigenvalue weighted by Gasteiger charge is 2.20. The van der Waals surface area contributed by atoms with Crippen LogP contribution in [0.2, 0.25) is 5.02 Å². The normalized spacial score (nSPS) is 11.5. The van der Waals surface area contributed by atoms with Crippen LogP contribution in [0, 0.1) is 13.8 Å². The van der Waals surface area contributed by atoms with Crippen LogP contribution in [-0.2, 0) is 27.4 Å². The van der Waals surface area contributed by atoms with Crippen molar-refractivity contribution in [3.05, 3.63) is 64.4 Å². The zero-order valence-electron chi connectivity index (χ0n) is 16.7. The molecule has 1 heterocycles. The zero-order chi connectivity index (χ0) is 21.9. The standard InChI is InChI=1S/C20H21ClN4O3S2/c1-13-4-7-16(8-5-13)30(27,28)12-18-23-24-20(25(18)3)29-11-19(26)22-17-9-6-15(21)10-14(17)2/h4-10H,11-12H2,1-3H3,(H,22,26). The van der Waals surface area contributed by atoms with Crippen molar-refractivity contribution in [1.29, 1.82) is 0 Å². The highest BCUT2D eigenvalue weighted by atomic mass is 35.5. The number of thioether (sulfide) groups is 1. The van der Waals surface area contributed by atoms with Crippen LogP contribution >= 0.6 is 23.4 Å². The topological polar surface area (TPSA) is 94.0 Å². The first-order chi connectivity index (χ1) is 14.2. The molecule has 0 aliphatic rings. The van der Waals surface area contributed by atoms with Gasteiger partial charge in [-0.1, -0.05) is 41.1 Å². The fourth-order valence-corrected chi connectivity index (χ4v) is 4.94. The number of hydrogen-bond donors (Lipinski definition) is 1. The van der Waals surface area contributed by atoms with Gasteiger partial charge >= 0.3 is 0 Å². The second kappa shape index (κ2) is 9.20. The van der Waals surface area contributed by atoms with Crippen molar-refractivity contribution in [3.63, 3.8) is 0 Å². The number of anilines is 1. The van der Waals surface area contributed by atoms with Gasteiger partial charge in [-0.3, -0.25) is 4.79 Å². The quantitative estimate of drug-likeness (QED) is 0.534. The average Bonchev–Trinajstić information content (AvgIpc) is 3.02. The number of rotatable bonds is 7. The third-order valence-corrected chi connectivity index (χ3v) is 7.30. The minimum atomic E-state index is -3.54. The number of halogens is 1. The maximum Gasteiger partial charge on any atom is 0.234 e. The molecule has 0 unspecified atom stereocenters. The van der Waals surface area contributed by atoms with E-state index in [0.29, 0.717) is 21.7 Å². The Labute approximate surface area is 184 Å². The Kier molecular flexibility index (Phi) is 6.84. The van der Waals surface area contributed by atoms with Crippen LogP contribution in [0.3, 0.4) is 0 Å². The molecule has 1 N–H and O–H groups in total. The summed E-state index contributed by atoms with van der Waals surface area (Å²) in [6.07, 6.45) is 0. The molecule has 2 aromatic carbocycles. The molecule has 0 bridgehead atoms. The zero-order valence-corrected chi connectivity index (χ0v) is 19.1. The number of aromatic nitrogens is 3. The molecule has 0 spiro atoms. The van der Waals surface area contributed by atoms with Gasteiger partial charge in [0.05, 0.1) is 10.6 Å². The molecule has 3 rings (SSSR count). The van der Waals surface area contributed by atoms with E-state index in [1.807, 2.05) is 13.8 Å². The molecule has 0 atom stereocenters. The van der Waals surface area contributed by atoms with Crippen LogP contribution < -0.4 is 5.32 Å². The van der Waals surface area contributed by atoms with Crippen LogP contribution in [0.1, 0.15) is 17.0 Å². The lowest BCUT2D eigenvalue weighted by molar-refractivity contribution is -0.113. The number of nitrogens with zero attached hydrogens (tertiary/aromatic N) is 3. The van der Waals surface area contributed by atoms with Crippen molar-refractivity contribution in [1.82, 2.24) is 14.8 Å². The Morgan fingerprint density at radius 2 is 1.83 bits per heavy atom. The Hall–Kier alpha value is -2.36. The van der Waals surface area contributed by atoms with Crippen LogP contribution in [0.5, 0.6) is 0 Å². The van der Waals surface area contributed by atoms with Gasteiger partial charge in [0.1, 0.15) is 11.6 Å². The van der Waals surface area contributed by atoms with E-state index in [4.69, 9.17) is 11.6 Å². The maximum atomic E-state index is 12.6. The summed E-state index contributed by atoms with van der Waals surface area (Å²) >= 11 is 7.11. The Bertz CT molecular complexity index is 1180.